The van der Waals surface area contributed by atoms with Crippen LogP contribution in [-0.2, 0) is 9.63 Å². The molecule has 2 rings (SSSR count). The highest BCUT2D eigenvalue weighted by Crippen LogP contribution is 2.23. The standard InChI is InChI=1S/C19H28N2O2/c1-14(2)17-10-8-16(9-11-17)12-20-23-13-19(22)21-18-7-5-4-6-15(18)3/h8-12,14-15,18H,4-7,13H2,1-3H3,(H,21,22)/b20-12-/t15-,18+/m1/s1. The van der Waals surface area contributed by atoms with E-state index in [4.69, 9.17) is 4.84 Å². The minimum atomic E-state index is -0.0870. The van der Waals surface area contributed by atoms with Crippen molar-refractivity contribution >= 4 is 12.1 Å². The number of nitrogens with zero attached hydrogens (tertiary/aromatic N) is 1. The number of amides is 1. The summed E-state index contributed by atoms with van der Waals surface area (Å²) in [5, 5.41) is 6.93. The van der Waals surface area contributed by atoms with Crippen molar-refractivity contribution in [1.82, 2.24) is 5.32 Å². The lowest BCUT2D eigenvalue weighted by Crippen LogP contribution is -2.42. The van der Waals surface area contributed by atoms with Crippen LogP contribution in [-0.4, -0.2) is 24.8 Å². The van der Waals surface area contributed by atoms with E-state index < -0.39 is 0 Å². The lowest BCUT2D eigenvalue weighted by molar-refractivity contribution is -0.126. The van der Waals surface area contributed by atoms with Crippen molar-refractivity contribution < 1.29 is 9.63 Å². The SMILES string of the molecule is CC(C)c1ccc(/C=N\OCC(=O)N[C@H]2CCCC[C@H]2C)cc1. The highest BCUT2D eigenvalue weighted by Gasteiger charge is 2.22. The summed E-state index contributed by atoms with van der Waals surface area (Å²) in [5.74, 6) is 0.981. The third kappa shape index (κ3) is 5.70. The summed E-state index contributed by atoms with van der Waals surface area (Å²) < 4.78 is 0. The van der Waals surface area contributed by atoms with Gasteiger partial charge in [0.05, 0.1) is 6.21 Å². The van der Waals surface area contributed by atoms with Crippen LogP contribution < -0.4 is 5.32 Å². The molecule has 0 unspecified atom stereocenters. The van der Waals surface area contributed by atoms with Gasteiger partial charge in [0.15, 0.2) is 6.61 Å². The predicted molar refractivity (Wildman–Crippen MR) is 93.6 cm³/mol. The zero-order valence-electron chi connectivity index (χ0n) is 14.4. The van der Waals surface area contributed by atoms with Gasteiger partial charge in [0, 0.05) is 6.04 Å². The molecule has 1 fully saturated rings. The number of carbonyl (C=O) groups is 1. The van der Waals surface area contributed by atoms with Gasteiger partial charge in [0.1, 0.15) is 0 Å². The van der Waals surface area contributed by atoms with E-state index in [0.29, 0.717) is 11.8 Å². The van der Waals surface area contributed by atoms with Crippen LogP contribution in [0.2, 0.25) is 0 Å². The van der Waals surface area contributed by atoms with Gasteiger partial charge in [-0.25, -0.2) is 0 Å². The normalized spacial score (nSPS) is 21.6. The van der Waals surface area contributed by atoms with Crippen LogP contribution in [0.1, 0.15) is 63.5 Å². The van der Waals surface area contributed by atoms with Crippen LogP contribution in [0.15, 0.2) is 29.4 Å². The minimum absolute atomic E-state index is 0.0240. The molecule has 0 aromatic heterocycles. The Labute approximate surface area is 139 Å². The lowest BCUT2D eigenvalue weighted by atomic mass is 9.86. The zero-order valence-corrected chi connectivity index (χ0v) is 14.4. The number of hydrogen-bond donors (Lipinski definition) is 1. The van der Waals surface area contributed by atoms with Gasteiger partial charge in [-0.1, -0.05) is 63.0 Å². The highest BCUT2D eigenvalue weighted by atomic mass is 16.6. The number of benzene rings is 1. The molecule has 1 aliphatic rings. The Kier molecular flexibility index (Phi) is 6.63. The second-order valence-corrected chi connectivity index (χ2v) is 6.77. The number of carbonyl (C=O) groups excluding carboxylic acids is 1. The average Bonchev–Trinajstić information content (AvgIpc) is 2.54. The number of nitrogens with one attached hydrogen (secondary N) is 1. The molecule has 126 valence electrons. The Hall–Kier alpha value is -1.84. The number of rotatable bonds is 6. The third-order valence-corrected chi connectivity index (χ3v) is 4.53. The summed E-state index contributed by atoms with van der Waals surface area (Å²) in [6.07, 6.45) is 6.36. The first-order valence-corrected chi connectivity index (χ1v) is 8.61. The van der Waals surface area contributed by atoms with Crippen molar-refractivity contribution in [1.29, 1.82) is 0 Å². The Bertz CT molecular complexity index is 523. The molecule has 0 saturated heterocycles. The molecule has 1 N–H and O–H groups in total. The fourth-order valence-corrected chi connectivity index (χ4v) is 2.94. The Morgan fingerprint density at radius 1 is 1.30 bits per heavy atom. The van der Waals surface area contributed by atoms with E-state index in [-0.39, 0.29) is 18.6 Å². The first-order valence-electron chi connectivity index (χ1n) is 8.61. The molecule has 4 nitrogen and oxygen atoms in total. The van der Waals surface area contributed by atoms with Gasteiger partial charge < -0.3 is 10.2 Å². The maximum Gasteiger partial charge on any atom is 0.261 e. The molecular formula is C19H28N2O2. The van der Waals surface area contributed by atoms with Gasteiger partial charge in [0.25, 0.3) is 5.91 Å². The van der Waals surface area contributed by atoms with Gasteiger partial charge in [-0.3, -0.25) is 4.79 Å². The van der Waals surface area contributed by atoms with Crippen molar-refractivity contribution in [3.8, 4) is 0 Å². The smallest absolute Gasteiger partial charge is 0.261 e. The molecule has 1 amide bonds. The van der Waals surface area contributed by atoms with Gasteiger partial charge in [-0.2, -0.15) is 0 Å². The maximum atomic E-state index is 11.9. The van der Waals surface area contributed by atoms with Crippen molar-refractivity contribution in [2.75, 3.05) is 6.61 Å². The molecule has 1 saturated carbocycles. The van der Waals surface area contributed by atoms with Crippen molar-refractivity contribution in [3.63, 3.8) is 0 Å². The quantitative estimate of drug-likeness (QED) is 0.640. The van der Waals surface area contributed by atoms with E-state index in [1.165, 1.54) is 24.8 Å². The van der Waals surface area contributed by atoms with Crippen LogP contribution in [0.4, 0.5) is 0 Å². The van der Waals surface area contributed by atoms with Gasteiger partial charge in [0.2, 0.25) is 0 Å². The van der Waals surface area contributed by atoms with Crippen LogP contribution in [0, 0.1) is 5.92 Å². The Balaban J connectivity index is 1.72. The molecule has 23 heavy (non-hydrogen) atoms. The van der Waals surface area contributed by atoms with Crippen LogP contribution in [0.3, 0.4) is 0 Å². The van der Waals surface area contributed by atoms with E-state index in [2.05, 4.69) is 43.4 Å². The lowest BCUT2D eigenvalue weighted by Gasteiger charge is -2.29. The average molecular weight is 316 g/mol. The second kappa shape index (κ2) is 8.70. The molecule has 0 bridgehead atoms. The molecule has 2 atom stereocenters. The van der Waals surface area contributed by atoms with Crippen LogP contribution in [0.5, 0.6) is 0 Å². The third-order valence-electron chi connectivity index (χ3n) is 4.53. The van der Waals surface area contributed by atoms with Gasteiger partial charge in [-0.15, -0.1) is 0 Å². The largest absolute Gasteiger partial charge is 0.386 e. The summed E-state index contributed by atoms with van der Waals surface area (Å²) >= 11 is 0. The summed E-state index contributed by atoms with van der Waals surface area (Å²) in [7, 11) is 0. The summed E-state index contributed by atoms with van der Waals surface area (Å²) in [6.45, 7) is 6.50. The fourth-order valence-electron chi connectivity index (χ4n) is 2.94. The molecule has 4 heteroatoms. The first-order chi connectivity index (χ1) is 11.1. The molecule has 1 aromatic rings. The molecule has 1 aromatic carbocycles. The van der Waals surface area contributed by atoms with Crippen LogP contribution in [0.25, 0.3) is 0 Å². The fraction of sp³-hybridized carbons (Fsp3) is 0.579. The molecule has 0 radical (unpaired) electrons. The van der Waals surface area contributed by atoms with E-state index in [1.807, 2.05) is 12.1 Å². The molecular weight excluding hydrogens is 288 g/mol. The van der Waals surface area contributed by atoms with Gasteiger partial charge in [-0.05, 0) is 35.8 Å². The highest BCUT2D eigenvalue weighted by molar-refractivity contribution is 5.80. The maximum absolute atomic E-state index is 11.9. The van der Waals surface area contributed by atoms with E-state index >= 15 is 0 Å². The zero-order chi connectivity index (χ0) is 16.7. The Morgan fingerprint density at radius 3 is 2.65 bits per heavy atom. The Morgan fingerprint density at radius 2 is 2.00 bits per heavy atom. The van der Waals surface area contributed by atoms with Gasteiger partial charge >= 0.3 is 0 Å². The first kappa shape index (κ1) is 17.5. The van der Waals surface area contributed by atoms with Crippen molar-refractivity contribution in [2.24, 2.45) is 11.1 Å². The molecule has 0 aliphatic heterocycles. The monoisotopic (exact) mass is 316 g/mol. The summed E-state index contributed by atoms with van der Waals surface area (Å²) in [4.78, 5) is 17.0. The topological polar surface area (TPSA) is 50.7 Å². The second-order valence-electron chi connectivity index (χ2n) is 6.77. The molecule has 0 heterocycles. The molecule has 0 spiro atoms. The van der Waals surface area contributed by atoms with E-state index in [9.17, 15) is 4.79 Å². The number of oxime groups is 1. The van der Waals surface area contributed by atoms with Crippen LogP contribution >= 0.6 is 0 Å². The van der Waals surface area contributed by atoms with Crippen molar-refractivity contribution in [2.45, 2.75) is 58.4 Å². The van der Waals surface area contributed by atoms with Crippen molar-refractivity contribution in [3.05, 3.63) is 35.4 Å². The van der Waals surface area contributed by atoms with E-state index in [1.54, 1.807) is 6.21 Å². The molecule has 1 aliphatic carbocycles. The minimum Gasteiger partial charge on any atom is -0.386 e. The van der Waals surface area contributed by atoms with E-state index in [0.717, 1.165) is 12.0 Å². The summed E-state index contributed by atoms with van der Waals surface area (Å²) in [5.41, 5.74) is 2.26. The predicted octanol–water partition coefficient (Wildman–Crippen LogP) is 3.86. The summed E-state index contributed by atoms with van der Waals surface area (Å²) in [6, 6.07) is 8.47. The number of hydrogen-bond acceptors (Lipinski definition) is 3.